The lowest BCUT2D eigenvalue weighted by Gasteiger charge is -2.25. The molecule has 2 N–H and O–H groups in total. The van der Waals surface area contributed by atoms with E-state index in [1.165, 1.54) is 0 Å². The minimum atomic E-state index is -0.717. The van der Waals surface area contributed by atoms with Gasteiger partial charge in [0.1, 0.15) is 0 Å². The number of nitrogens with zero attached hydrogens (tertiary/aromatic N) is 1. The molecule has 0 atom stereocenters. The zero-order valence-electron chi connectivity index (χ0n) is 9.78. The van der Waals surface area contributed by atoms with Crippen LogP contribution in [0.25, 0.3) is 0 Å². The van der Waals surface area contributed by atoms with E-state index in [2.05, 4.69) is 18.7 Å². The Hall–Kier alpha value is -0.610. The Bertz CT molecular complexity index is 171. The molecule has 0 aromatic rings. The highest BCUT2D eigenvalue weighted by Gasteiger charge is 2.07. The van der Waals surface area contributed by atoms with Crippen molar-refractivity contribution >= 4 is 5.97 Å². The van der Waals surface area contributed by atoms with Crippen molar-refractivity contribution in [2.45, 2.75) is 45.6 Å². The van der Waals surface area contributed by atoms with E-state index in [4.69, 9.17) is 10.2 Å². The SMILES string of the molecule is CC(C)N(CCO)CCCCCC(=O)O. The molecule has 0 aromatic carbocycles. The van der Waals surface area contributed by atoms with E-state index in [0.717, 1.165) is 25.8 Å². The summed E-state index contributed by atoms with van der Waals surface area (Å²) in [6, 6.07) is 0.441. The van der Waals surface area contributed by atoms with E-state index < -0.39 is 5.97 Å². The van der Waals surface area contributed by atoms with Crippen molar-refractivity contribution in [3.63, 3.8) is 0 Å². The van der Waals surface area contributed by atoms with Crippen molar-refractivity contribution in [3.8, 4) is 0 Å². The summed E-state index contributed by atoms with van der Waals surface area (Å²) in [6.07, 6.45) is 2.97. The first-order chi connectivity index (χ1) is 7.07. The van der Waals surface area contributed by atoms with Crippen molar-refractivity contribution in [1.29, 1.82) is 0 Å². The summed E-state index contributed by atoms with van der Waals surface area (Å²) in [7, 11) is 0. The molecule has 4 heteroatoms. The maximum Gasteiger partial charge on any atom is 0.303 e. The van der Waals surface area contributed by atoms with Gasteiger partial charge in [-0.25, -0.2) is 0 Å². The predicted molar refractivity (Wildman–Crippen MR) is 59.9 cm³/mol. The van der Waals surface area contributed by atoms with Gasteiger partial charge in [0.05, 0.1) is 6.61 Å². The number of unbranched alkanes of at least 4 members (excludes halogenated alkanes) is 2. The van der Waals surface area contributed by atoms with Crippen LogP contribution in [0, 0.1) is 0 Å². The Morgan fingerprint density at radius 1 is 1.20 bits per heavy atom. The van der Waals surface area contributed by atoms with Crippen LogP contribution in [0.2, 0.25) is 0 Å². The predicted octanol–water partition coefficient (Wildman–Crippen LogP) is 1.33. The van der Waals surface area contributed by atoms with Gasteiger partial charge in [0.2, 0.25) is 0 Å². The van der Waals surface area contributed by atoms with Crippen molar-refractivity contribution in [2.75, 3.05) is 19.7 Å². The summed E-state index contributed by atoms with van der Waals surface area (Å²) in [5.74, 6) is -0.717. The van der Waals surface area contributed by atoms with Crippen LogP contribution in [0.5, 0.6) is 0 Å². The second kappa shape index (κ2) is 8.68. The Kier molecular flexibility index (Phi) is 8.33. The van der Waals surface area contributed by atoms with Crippen molar-refractivity contribution in [1.82, 2.24) is 4.90 Å². The first-order valence-electron chi connectivity index (χ1n) is 5.64. The molecular formula is C11H23NO3. The molecule has 0 radical (unpaired) electrons. The van der Waals surface area contributed by atoms with E-state index in [1.807, 2.05) is 0 Å². The molecule has 0 amide bonds. The second-order valence-electron chi connectivity index (χ2n) is 4.06. The molecule has 0 heterocycles. The van der Waals surface area contributed by atoms with Crippen LogP contribution in [0.1, 0.15) is 39.5 Å². The molecule has 0 aliphatic rings. The summed E-state index contributed by atoms with van der Waals surface area (Å²) in [6.45, 7) is 6.04. The molecule has 0 aromatic heterocycles. The van der Waals surface area contributed by atoms with Gasteiger partial charge in [0.25, 0.3) is 0 Å². The fourth-order valence-electron chi connectivity index (χ4n) is 1.52. The van der Waals surface area contributed by atoms with Gasteiger partial charge in [-0.2, -0.15) is 0 Å². The summed E-state index contributed by atoms with van der Waals surface area (Å²) < 4.78 is 0. The minimum absolute atomic E-state index is 0.188. The van der Waals surface area contributed by atoms with Gasteiger partial charge in [-0.15, -0.1) is 0 Å². The van der Waals surface area contributed by atoms with Crippen LogP contribution in [-0.2, 0) is 4.79 Å². The third-order valence-corrected chi connectivity index (χ3v) is 2.45. The van der Waals surface area contributed by atoms with E-state index >= 15 is 0 Å². The average molecular weight is 217 g/mol. The van der Waals surface area contributed by atoms with Crippen LogP contribution < -0.4 is 0 Å². The normalized spacial score (nSPS) is 11.3. The molecule has 0 fully saturated rings. The fourth-order valence-corrected chi connectivity index (χ4v) is 1.52. The quantitative estimate of drug-likeness (QED) is 0.572. The fraction of sp³-hybridized carbons (Fsp3) is 0.909. The van der Waals surface area contributed by atoms with Crippen LogP contribution >= 0.6 is 0 Å². The first-order valence-corrected chi connectivity index (χ1v) is 5.64. The molecule has 15 heavy (non-hydrogen) atoms. The lowest BCUT2D eigenvalue weighted by molar-refractivity contribution is -0.137. The van der Waals surface area contributed by atoms with Gasteiger partial charge >= 0.3 is 5.97 Å². The zero-order valence-corrected chi connectivity index (χ0v) is 9.78. The molecule has 0 saturated heterocycles. The van der Waals surface area contributed by atoms with E-state index in [1.54, 1.807) is 0 Å². The van der Waals surface area contributed by atoms with Gasteiger partial charge in [-0.3, -0.25) is 9.69 Å². The highest BCUT2D eigenvalue weighted by Crippen LogP contribution is 2.04. The van der Waals surface area contributed by atoms with Crippen LogP contribution in [0.15, 0.2) is 0 Å². The summed E-state index contributed by atoms with van der Waals surface area (Å²) in [4.78, 5) is 12.5. The average Bonchev–Trinajstić information content (AvgIpc) is 2.15. The maximum atomic E-state index is 10.3. The molecule has 0 aliphatic carbocycles. The molecule has 90 valence electrons. The molecule has 0 saturated carbocycles. The van der Waals surface area contributed by atoms with Crippen LogP contribution in [0.3, 0.4) is 0 Å². The number of carboxylic acids is 1. The third kappa shape index (κ3) is 8.39. The van der Waals surface area contributed by atoms with Crippen molar-refractivity contribution in [3.05, 3.63) is 0 Å². The molecule has 4 nitrogen and oxygen atoms in total. The van der Waals surface area contributed by atoms with Gasteiger partial charge in [-0.1, -0.05) is 6.42 Å². The Morgan fingerprint density at radius 3 is 2.33 bits per heavy atom. The number of carbonyl (C=O) groups is 1. The third-order valence-electron chi connectivity index (χ3n) is 2.45. The molecule has 0 spiro atoms. The number of aliphatic hydroxyl groups excluding tert-OH is 1. The number of hydrogen-bond acceptors (Lipinski definition) is 3. The molecular weight excluding hydrogens is 194 g/mol. The monoisotopic (exact) mass is 217 g/mol. The number of aliphatic hydroxyl groups is 1. The minimum Gasteiger partial charge on any atom is -0.481 e. The van der Waals surface area contributed by atoms with Crippen molar-refractivity contribution < 1.29 is 15.0 Å². The molecule has 0 rings (SSSR count). The maximum absolute atomic E-state index is 10.3. The van der Waals surface area contributed by atoms with Crippen LogP contribution in [-0.4, -0.2) is 46.8 Å². The van der Waals surface area contributed by atoms with E-state index in [-0.39, 0.29) is 13.0 Å². The molecule has 0 aliphatic heterocycles. The Labute approximate surface area is 91.9 Å². The second-order valence-corrected chi connectivity index (χ2v) is 4.06. The highest BCUT2D eigenvalue weighted by atomic mass is 16.4. The van der Waals surface area contributed by atoms with Gasteiger partial charge < -0.3 is 10.2 Å². The Morgan fingerprint density at radius 2 is 1.87 bits per heavy atom. The Balaban J connectivity index is 3.49. The van der Waals surface area contributed by atoms with Crippen molar-refractivity contribution in [2.24, 2.45) is 0 Å². The largest absolute Gasteiger partial charge is 0.481 e. The van der Waals surface area contributed by atoms with E-state index in [9.17, 15) is 4.79 Å². The topological polar surface area (TPSA) is 60.8 Å². The number of aliphatic carboxylic acids is 1. The van der Waals surface area contributed by atoms with Crippen LogP contribution in [0.4, 0.5) is 0 Å². The lowest BCUT2D eigenvalue weighted by atomic mass is 10.2. The first kappa shape index (κ1) is 14.4. The lowest BCUT2D eigenvalue weighted by Crippen LogP contribution is -2.34. The number of carboxylic acid groups (broad SMARTS) is 1. The van der Waals surface area contributed by atoms with Gasteiger partial charge in [0.15, 0.2) is 0 Å². The summed E-state index contributed by atoms with van der Waals surface area (Å²) in [5, 5.41) is 17.3. The molecule has 0 unspecified atom stereocenters. The van der Waals surface area contributed by atoms with Gasteiger partial charge in [-0.05, 0) is 33.2 Å². The van der Waals surface area contributed by atoms with E-state index in [0.29, 0.717) is 12.6 Å². The summed E-state index contributed by atoms with van der Waals surface area (Å²) in [5.41, 5.74) is 0. The zero-order chi connectivity index (χ0) is 11.7. The van der Waals surface area contributed by atoms with Gasteiger partial charge in [0, 0.05) is 19.0 Å². The highest BCUT2D eigenvalue weighted by molar-refractivity contribution is 5.66. The number of hydrogen-bond donors (Lipinski definition) is 2. The smallest absolute Gasteiger partial charge is 0.303 e. The number of rotatable bonds is 9. The summed E-state index contributed by atoms with van der Waals surface area (Å²) >= 11 is 0. The molecule has 0 bridgehead atoms. The standard InChI is InChI=1S/C11H23NO3/c1-10(2)12(8-9-13)7-5-3-4-6-11(14)15/h10,13H,3-9H2,1-2H3,(H,14,15).